The fraction of sp³-hybridized carbons (Fsp3) is 0.500. The lowest BCUT2D eigenvalue weighted by Gasteiger charge is -2.17. The molecule has 5 heteroatoms. The molecule has 0 fully saturated rings. The second kappa shape index (κ2) is 6.31. The largest absolute Gasteiger partial charge is 0.356 e. The van der Waals surface area contributed by atoms with Gasteiger partial charge in [-0.1, -0.05) is 32.9 Å². The number of nitro benzene ring substituents is 1. The first-order valence-electron chi connectivity index (χ1n) is 6.32. The molecular weight excluding hydrogens is 244 g/mol. The molecule has 0 bridgehead atoms. The van der Waals surface area contributed by atoms with Crippen LogP contribution in [0.5, 0.6) is 0 Å². The topological polar surface area (TPSA) is 72.2 Å². The van der Waals surface area contributed by atoms with Gasteiger partial charge in [-0.25, -0.2) is 0 Å². The van der Waals surface area contributed by atoms with Crippen LogP contribution in [-0.2, 0) is 11.2 Å². The normalized spacial score (nSPS) is 11.1. The molecule has 0 aliphatic carbocycles. The molecule has 0 aliphatic heterocycles. The Morgan fingerprint density at radius 2 is 1.84 bits per heavy atom. The first-order valence-corrected chi connectivity index (χ1v) is 6.32. The van der Waals surface area contributed by atoms with E-state index < -0.39 is 4.92 Å². The summed E-state index contributed by atoms with van der Waals surface area (Å²) in [6.07, 6.45) is 1.61. The number of nitro groups is 1. The van der Waals surface area contributed by atoms with Crippen molar-refractivity contribution < 1.29 is 9.72 Å². The molecule has 104 valence electrons. The minimum Gasteiger partial charge on any atom is -0.356 e. The molecule has 0 spiro atoms. The quantitative estimate of drug-likeness (QED) is 0.505. The van der Waals surface area contributed by atoms with E-state index in [-0.39, 0.29) is 17.0 Å². The third-order valence-electron chi connectivity index (χ3n) is 2.76. The molecule has 0 aliphatic rings. The minimum atomic E-state index is -0.409. The molecular formula is C14H20N2O3. The molecule has 0 radical (unpaired) electrons. The van der Waals surface area contributed by atoms with Crippen molar-refractivity contribution >= 4 is 11.6 Å². The van der Waals surface area contributed by atoms with Gasteiger partial charge in [-0.3, -0.25) is 14.9 Å². The molecule has 0 aromatic heterocycles. The van der Waals surface area contributed by atoms with Crippen molar-refractivity contribution in [2.75, 3.05) is 6.54 Å². The Morgan fingerprint density at radius 3 is 2.32 bits per heavy atom. The van der Waals surface area contributed by atoms with E-state index in [0.717, 1.165) is 18.4 Å². The second-order valence-electron chi connectivity index (χ2n) is 5.53. The van der Waals surface area contributed by atoms with Crippen molar-refractivity contribution in [2.24, 2.45) is 5.41 Å². The van der Waals surface area contributed by atoms with Crippen LogP contribution < -0.4 is 5.32 Å². The standard InChI is InChI=1S/C14H20N2O3/c1-14(2,3)13(17)15-10-4-5-11-6-8-12(9-7-11)16(18)19/h6-9H,4-5,10H2,1-3H3,(H,15,17). The van der Waals surface area contributed by atoms with Gasteiger partial charge in [0.05, 0.1) is 4.92 Å². The number of carbonyl (C=O) groups excluding carboxylic acids is 1. The summed E-state index contributed by atoms with van der Waals surface area (Å²) < 4.78 is 0. The third kappa shape index (κ3) is 5.07. The monoisotopic (exact) mass is 264 g/mol. The Morgan fingerprint density at radius 1 is 1.26 bits per heavy atom. The molecule has 1 aromatic rings. The van der Waals surface area contributed by atoms with Crippen LogP contribution in [0.2, 0.25) is 0 Å². The van der Waals surface area contributed by atoms with E-state index in [0.29, 0.717) is 6.54 Å². The van der Waals surface area contributed by atoms with Crippen molar-refractivity contribution in [3.8, 4) is 0 Å². The van der Waals surface area contributed by atoms with Crippen molar-refractivity contribution in [3.05, 3.63) is 39.9 Å². The molecule has 1 amide bonds. The van der Waals surface area contributed by atoms with Crippen molar-refractivity contribution in [2.45, 2.75) is 33.6 Å². The van der Waals surface area contributed by atoms with Gasteiger partial charge in [0.2, 0.25) is 5.91 Å². The van der Waals surface area contributed by atoms with Gasteiger partial charge in [-0.2, -0.15) is 0 Å². The number of hydrogen-bond donors (Lipinski definition) is 1. The Bertz CT molecular complexity index is 447. The minimum absolute atomic E-state index is 0.0381. The van der Waals surface area contributed by atoms with Crippen LogP contribution in [0.1, 0.15) is 32.8 Å². The number of non-ortho nitro benzene ring substituents is 1. The number of aryl methyl sites for hydroxylation is 1. The van der Waals surface area contributed by atoms with Gasteiger partial charge in [-0.05, 0) is 18.4 Å². The summed E-state index contributed by atoms with van der Waals surface area (Å²) in [5, 5.41) is 13.4. The number of hydrogen-bond acceptors (Lipinski definition) is 3. The van der Waals surface area contributed by atoms with Crippen LogP contribution in [0.25, 0.3) is 0 Å². The maximum atomic E-state index is 11.6. The Balaban J connectivity index is 2.34. The lowest BCUT2D eigenvalue weighted by atomic mass is 9.95. The van der Waals surface area contributed by atoms with Crippen LogP contribution in [0.15, 0.2) is 24.3 Å². The third-order valence-corrected chi connectivity index (χ3v) is 2.76. The number of amides is 1. The Labute approximate surface area is 113 Å². The first-order chi connectivity index (χ1) is 8.80. The summed E-state index contributed by atoms with van der Waals surface area (Å²) >= 11 is 0. The average molecular weight is 264 g/mol. The van der Waals surface area contributed by atoms with Crippen LogP contribution in [-0.4, -0.2) is 17.4 Å². The fourth-order valence-electron chi connectivity index (χ4n) is 1.54. The predicted molar refractivity (Wildman–Crippen MR) is 73.9 cm³/mol. The van der Waals surface area contributed by atoms with E-state index >= 15 is 0 Å². The highest BCUT2D eigenvalue weighted by Crippen LogP contribution is 2.14. The van der Waals surface area contributed by atoms with E-state index in [1.807, 2.05) is 20.8 Å². The molecule has 0 saturated carbocycles. The maximum Gasteiger partial charge on any atom is 0.269 e. The van der Waals surface area contributed by atoms with Gasteiger partial charge in [0.15, 0.2) is 0 Å². The highest BCUT2D eigenvalue weighted by Gasteiger charge is 2.20. The molecule has 1 N–H and O–H groups in total. The lowest BCUT2D eigenvalue weighted by Crippen LogP contribution is -2.35. The zero-order chi connectivity index (χ0) is 14.5. The zero-order valence-electron chi connectivity index (χ0n) is 11.6. The number of nitrogens with one attached hydrogen (secondary N) is 1. The van der Waals surface area contributed by atoms with Gasteiger partial charge in [0.1, 0.15) is 0 Å². The molecule has 0 saturated heterocycles. The predicted octanol–water partition coefficient (Wildman–Crippen LogP) is 2.69. The molecule has 0 atom stereocenters. The van der Waals surface area contributed by atoms with Gasteiger partial charge in [0, 0.05) is 24.1 Å². The number of rotatable bonds is 5. The van der Waals surface area contributed by atoms with Crippen LogP contribution >= 0.6 is 0 Å². The smallest absolute Gasteiger partial charge is 0.269 e. The van der Waals surface area contributed by atoms with Crippen LogP contribution in [0.3, 0.4) is 0 Å². The SMILES string of the molecule is CC(C)(C)C(=O)NCCCc1ccc([N+](=O)[O-])cc1. The molecule has 5 nitrogen and oxygen atoms in total. The fourth-order valence-corrected chi connectivity index (χ4v) is 1.54. The highest BCUT2D eigenvalue weighted by atomic mass is 16.6. The molecule has 19 heavy (non-hydrogen) atoms. The Hall–Kier alpha value is -1.91. The Kier molecular flexibility index (Phi) is 5.03. The molecule has 1 aromatic carbocycles. The van der Waals surface area contributed by atoms with Gasteiger partial charge >= 0.3 is 0 Å². The summed E-state index contributed by atoms with van der Waals surface area (Å²) in [5.41, 5.74) is 0.772. The number of carbonyl (C=O) groups is 1. The van der Waals surface area contributed by atoms with E-state index in [1.165, 1.54) is 12.1 Å². The summed E-state index contributed by atoms with van der Waals surface area (Å²) in [6, 6.07) is 6.51. The lowest BCUT2D eigenvalue weighted by molar-refractivity contribution is -0.384. The summed E-state index contributed by atoms with van der Waals surface area (Å²) in [5.74, 6) is 0.0381. The maximum absolute atomic E-state index is 11.6. The van der Waals surface area contributed by atoms with Crippen molar-refractivity contribution in [3.63, 3.8) is 0 Å². The van der Waals surface area contributed by atoms with Crippen LogP contribution in [0, 0.1) is 15.5 Å². The number of benzene rings is 1. The van der Waals surface area contributed by atoms with E-state index in [1.54, 1.807) is 12.1 Å². The van der Waals surface area contributed by atoms with E-state index in [2.05, 4.69) is 5.32 Å². The van der Waals surface area contributed by atoms with Crippen molar-refractivity contribution in [1.29, 1.82) is 0 Å². The van der Waals surface area contributed by atoms with E-state index in [4.69, 9.17) is 0 Å². The molecule has 0 unspecified atom stereocenters. The van der Waals surface area contributed by atoms with Crippen LogP contribution in [0.4, 0.5) is 5.69 Å². The van der Waals surface area contributed by atoms with Gasteiger partial charge in [0.25, 0.3) is 5.69 Å². The van der Waals surface area contributed by atoms with E-state index in [9.17, 15) is 14.9 Å². The first kappa shape index (κ1) is 15.1. The summed E-state index contributed by atoms with van der Waals surface area (Å²) in [4.78, 5) is 21.7. The summed E-state index contributed by atoms with van der Waals surface area (Å²) in [6.45, 7) is 6.24. The molecule has 0 heterocycles. The molecule has 1 rings (SSSR count). The average Bonchev–Trinajstić information content (AvgIpc) is 2.33. The summed E-state index contributed by atoms with van der Waals surface area (Å²) in [7, 11) is 0. The van der Waals surface area contributed by atoms with Crippen molar-refractivity contribution in [1.82, 2.24) is 5.32 Å². The van der Waals surface area contributed by atoms with Gasteiger partial charge in [-0.15, -0.1) is 0 Å². The highest BCUT2D eigenvalue weighted by molar-refractivity contribution is 5.81. The van der Waals surface area contributed by atoms with Gasteiger partial charge < -0.3 is 5.32 Å². The number of nitrogens with zero attached hydrogens (tertiary/aromatic N) is 1. The zero-order valence-corrected chi connectivity index (χ0v) is 11.6. The second-order valence-corrected chi connectivity index (χ2v) is 5.53.